The lowest BCUT2D eigenvalue weighted by atomic mass is 9.74. The van der Waals surface area contributed by atoms with E-state index in [9.17, 15) is 9.59 Å². The van der Waals surface area contributed by atoms with Crippen molar-refractivity contribution < 1.29 is 9.59 Å². The standard InChI is InChI=1S/C15H30N4O2/c1-6-17-12(20)11-18-7-9-19(10-8-18)13(21)14(2,3)15(4,5)16/h6-11,16H2,1-5H3,(H,17,20). The van der Waals surface area contributed by atoms with Gasteiger partial charge >= 0.3 is 0 Å². The van der Waals surface area contributed by atoms with Gasteiger partial charge in [-0.25, -0.2) is 0 Å². The number of hydrogen-bond donors (Lipinski definition) is 2. The van der Waals surface area contributed by atoms with Gasteiger partial charge in [0.2, 0.25) is 11.8 Å². The molecule has 0 radical (unpaired) electrons. The minimum atomic E-state index is -0.602. The molecule has 0 atom stereocenters. The Morgan fingerprint density at radius 3 is 2.05 bits per heavy atom. The van der Waals surface area contributed by atoms with Crippen LogP contribution >= 0.6 is 0 Å². The Balaban J connectivity index is 2.53. The molecule has 6 nitrogen and oxygen atoms in total. The molecule has 0 aromatic carbocycles. The van der Waals surface area contributed by atoms with E-state index < -0.39 is 11.0 Å². The second kappa shape index (κ2) is 6.75. The average molecular weight is 298 g/mol. The predicted molar refractivity (Wildman–Crippen MR) is 83.8 cm³/mol. The van der Waals surface area contributed by atoms with E-state index in [1.807, 2.05) is 39.5 Å². The minimum Gasteiger partial charge on any atom is -0.355 e. The monoisotopic (exact) mass is 298 g/mol. The van der Waals surface area contributed by atoms with Crippen LogP contribution in [0.5, 0.6) is 0 Å². The van der Waals surface area contributed by atoms with Crippen molar-refractivity contribution in [2.45, 2.75) is 40.2 Å². The van der Waals surface area contributed by atoms with Crippen LogP contribution in [0.25, 0.3) is 0 Å². The lowest BCUT2D eigenvalue weighted by Gasteiger charge is -2.43. The summed E-state index contributed by atoms with van der Waals surface area (Å²) in [5.74, 6) is 0.133. The first-order chi connectivity index (χ1) is 9.59. The van der Waals surface area contributed by atoms with Gasteiger partial charge < -0.3 is 16.0 Å². The van der Waals surface area contributed by atoms with Gasteiger partial charge in [0.25, 0.3) is 0 Å². The van der Waals surface area contributed by atoms with E-state index in [4.69, 9.17) is 5.73 Å². The molecule has 122 valence electrons. The Kier molecular flexibility index (Phi) is 5.75. The first-order valence-electron chi connectivity index (χ1n) is 7.67. The molecule has 1 rings (SSSR count). The van der Waals surface area contributed by atoms with Gasteiger partial charge in [-0.2, -0.15) is 0 Å². The number of carbonyl (C=O) groups is 2. The highest BCUT2D eigenvalue weighted by Crippen LogP contribution is 2.30. The predicted octanol–water partition coefficient (Wildman–Crippen LogP) is 0.0302. The molecule has 6 heteroatoms. The highest BCUT2D eigenvalue weighted by molar-refractivity contribution is 5.83. The molecular weight excluding hydrogens is 268 g/mol. The third-order valence-corrected chi connectivity index (χ3v) is 4.55. The fourth-order valence-electron chi connectivity index (χ4n) is 2.24. The Morgan fingerprint density at radius 1 is 1.10 bits per heavy atom. The van der Waals surface area contributed by atoms with E-state index in [0.29, 0.717) is 26.2 Å². The van der Waals surface area contributed by atoms with Gasteiger partial charge in [-0.1, -0.05) is 0 Å². The second-order valence-corrected chi connectivity index (χ2v) is 6.87. The molecule has 1 aliphatic heterocycles. The molecule has 3 N–H and O–H groups in total. The van der Waals surface area contributed by atoms with Crippen LogP contribution in [-0.4, -0.2) is 66.4 Å². The second-order valence-electron chi connectivity index (χ2n) is 6.87. The summed E-state index contributed by atoms with van der Waals surface area (Å²) in [5, 5.41) is 2.79. The molecule has 0 aromatic heterocycles. The summed E-state index contributed by atoms with van der Waals surface area (Å²) in [6.45, 7) is 13.3. The van der Waals surface area contributed by atoms with Crippen LogP contribution in [0.4, 0.5) is 0 Å². The van der Waals surface area contributed by atoms with Crippen LogP contribution in [0.3, 0.4) is 0 Å². The zero-order valence-electron chi connectivity index (χ0n) is 14.0. The summed E-state index contributed by atoms with van der Waals surface area (Å²) in [6.07, 6.45) is 0. The summed E-state index contributed by atoms with van der Waals surface area (Å²) in [6, 6.07) is 0. The van der Waals surface area contributed by atoms with Crippen molar-refractivity contribution in [3.05, 3.63) is 0 Å². The number of nitrogens with one attached hydrogen (secondary N) is 1. The highest BCUT2D eigenvalue weighted by Gasteiger charge is 2.43. The molecule has 1 heterocycles. The van der Waals surface area contributed by atoms with E-state index >= 15 is 0 Å². The van der Waals surface area contributed by atoms with E-state index in [2.05, 4.69) is 10.2 Å². The molecule has 0 aromatic rings. The number of likely N-dealkylation sites (N-methyl/N-ethyl adjacent to an activating group) is 1. The Hall–Kier alpha value is -1.14. The number of carbonyl (C=O) groups excluding carboxylic acids is 2. The third kappa shape index (κ3) is 4.41. The number of amides is 2. The smallest absolute Gasteiger partial charge is 0.234 e. The number of nitrogens with zero attached hydrogens (tertiary/aromatic N) is 2. The quantitative estimate of drug-likeness (QED) is 0.750. The van der Waals surface area contributed by atoms with E-state index in [1.54, 1.807) is 0 Å². The minimum absolute atomic E-state index is 0.0423. The van der Waals surface area contributed by atoms with Gasteiger partial charge in [-0.15, -0.1) is 0 Å². The number of hydrogen-bond acceptors (Lipinski definition) is 4. The number of nitrogens with two attached hydrogens (primary N) is 1. The van der Waals surface area contributed by atoms with E-state index in [1.165, 1.54) is 0 Å². The van der Waals surface area contributed by atoms with Gasteiger partial charge in [-0.3, -0.25) is 14.5 Å². The summed E-state index contributed by atoms with van der Waals surface area (Å²) in [7, 11) is 0. The Labute approximate surface area is 128 Å². The average Bonchev–Trinajstić information content (AvgIpc) is 2.37. The van der Waals surface area contributed by atoms with E-state index in [-0.39, 0.29) is 11.8 Å². The summed E-state index contributed by atoms with van der Waals surface area (Å²) in [5.41, 5.74) is 4.97. The molecular formula is C15H30N4O2. The van der Waals surface area contributed by atoms with Gasteiger partial charge in [0.05, 0.1) is 12.0 Å². The fraction of sp³-hybridized carbons (Fsp3) is 0.867. The summed E-state index contributed by atoms with van der Waals surface area (Å²) >= 11 is 0. The summed E-state index contributed by atoms with van der Waals surface area (Å²) in [4.78, 5) is 28.2. The van der Waals surface area contributed by atoms with Crippen LogP contribution in [0, 0.1) is 5.41 Å². The molecule has 0 unspecified atom stereocenters. The van der Waals surface area contributed by atoms with E-state index in [0.717, 1.165) is 13.1 Å². The maximum atomic E-state index is 12.6. The maximum Gasteiger partial charge on any atom is 0.234 e. The van der Waals surface area contributed by atoms with Crippen molar-refractivity contribution in [2.24, 2.45) is 11.1 Å². The maximum absolute atomic E-state index is 12.6. The molecule has 1 aliphatic rings. The molecule has 0 spiro atoms. The van der Waals surface area contributed by atoms with Crippen molar-refractivity contribution in [3.63, 3.8) is 0 Å². The molecule has 1 fully saturated rings. The molecule has 0 aliphatic carbocycles. The molecule has 2 amide bonds. The first kappa shape index (κ1) is 17.9. The normalized spacial score (nSPS) is 17.7. The fourth-order valence-corrected chi connectivity index (χ4v) is 2.24. The molecule has 0 bridgehead atoms. The van der Waals surface area contributed by atoms with Gasteiger partial charge in [0.15, 0.2) is 0 Å². The largest absolute Gasteiger partial charge is 0.355 e. The number of rotatable bonds is 5. The van der Waals surface area contributed by atoms with Crippen LogP contribution in [-0.2, 0) is 9.59 Å². The SMILES string of the molecule is CCNC(=O)CN1CCN(C(=O)C(C)(C)C(C)(C)N)CC1. The zero-order chi connectivity index (χ0) is 16.3. The van der Waals surface area contributed by atoms with Gasteiger partial charge in [-0.05, 0) is 34.6 Å². The van der Waals surface area contributed by atoms with Crippen LogP contribution in [0.15, 0.2) is 0 Å². The third-order valence-electron chi connectivity index (χ3n) is 4.55. The zero-order valence-corrected chi connectivity index (χ0v) is 14.0. The van der Waals surface area contributed by atoms with Crippen LogP contribution < -0.4 is 11.1 Å². The van der Waals surface area contributed by atoms with Crippen LogP contribution in [0.1, 0.15) is 34.6 Å². The van der Waals surface area contributed by atoms with Crippen molar-refractivity contribution >= 4 is 11.8 Å². The van der Waals surface area contributed by atoms with Crippen molar-refractivity contribution in [3.8, 4) is 0 Å². The molecule has 1 saturated heterocycles. The van der Waals surface area contributed by atoms with Crippen LogP contribution in [0.2, 0.25) is 0 Å². The summed E-state index contributed by atoms with van der Waals surface area (Å²) < 4.78 is 0. The van der Waals surface area contributed by atoms with Crippen molar-refractivity contribution in [1.82, 2.24) is 15.1 Å². The van der Waals surface area contributed by atoms with Gasteiger partial charge in [0.1, 0.15) is 0 Å². The first-order valence-corrected chi connectivity index (χ1v) is 7.67. The Bertz CT molecular complexity index is 380. The molecule has 0 saturated carbocycles. The highest BCUT2D eigenvalue weighted by atomic mass is 16.2. The topological polar surface area (TPSA) is 78.7 Å². The molecule has 21 heavy (non-hydrogen) atoms. The van der Waals surface area contributed by atoms with Gasteiger partial charge in [0, 0.05) is 38.3 Å². The van der Waals surface area contributed by atoms with Crippen molar-refractivity contribution in [1.29, 1.82) is 0 Å². The number of piperazine rings is 1. The lowest BCUT2D eigenvalue weighted by molar-refractivity contribution is -0.145. The van der Waals surface area contributed by atoms with Crippen molar-refractivity contribution in [2.75, 3.05) is 39.3 Å². The lowest BCUT2D eigenvalue weighted by Crippen LogP contribution is -2.60. The Morgan fingerprint density at radius 2 is 1.62 bits per heavy atom.